The van der Waals surface area contributed by atoms with Crippen LogP contribution < -0.4 is 5.32 Å². The zero-order valence-corrected chi connectivity index (χ0v) is 16.1. The maximum Gasteiger partial charge on any atom is 0.272 e. The second kappa shape index (κ2) is 7.18. The van der Waals surface area contributed by atoms with E-state index in [0.29, 0.717) is 22.9 Å². The van der Waals surface area contributed by atoms with Crippen LogP contribution in [-0.4, -0.2) is 10.5 Å². The van der Waals surface area contributed by atoms with E-state index >= 15 is 0 Å². The molecular formula is C21H16ClFN2OS. The monoisotopic (exact) mass is 398 g/mol. The fraction of sp³-hybridized carbons (Fsp3) is 0.0952. The van der Waals surface area contributed by atoms with E-state index in [-0.39, 0.29) is 11.7 Å². The number of anilines is 1. The summed E-state index contributed by atoms with van der Waals surface area (Å²) in [6.07, 6.45) is 0. The van der Waals surface area contributed by atoms with E-state index in [0.717, 1.165) is 21.3 Å². The van der Waals surface area contributed by atoms with Crippen LogP contribution in [0.4, 0.5) is 10.1 Å². The summed E-state index contributed by atoms with van der Waals surface area (Å²) < 4.78 is 16.5. The van der Waals surface area contributed by atoms with Gasteiger partial charge in [0, 0.05) is 17.3 Å². The fourth-order valence-corrected chi connectivity index (χ4v) is 4.08. The second-order valence-electron chi connectivity index (χ2n) is 6.28. The Morgan fingerprint density at radius 1 is 1.19 bits per heavy atom. The van der Waals surface area contributed by atoms with Crippen molar-refractivity contribution in [3.63, 3.8) is 0 Å². The molecule has 0 spiro atoms. The summed E-state index contributed by atoms with van der Waals surface area (Å²) in [6, 6.07) is 15.7. The molecule has 1 N–H and O–H groups in total. The minimum atomic E-state index is -0.290. The number of hydrogen-bond donors (Lipinski definition) is 1. The summed E-state index contributed by atoms with van der Waals surface area (Å²) in [7, 11) is 0. The Morgan fingerprint density at radius 3 is 2.81 bits per heavy atom. The molecule has 0 saturated carbocycles. The molecular weight excluding hydrogens is 383 g/mol. The molecule has 0 aliphatic carbocycles. The van der Waals surface area contributed by atoms with Crippen molar-refractivity contribution < 1.29 is 9.18 Å². The first-order valence-electron chi connectivity index (χ1n) is 8.40. The third-order valence-electron chi connectivity index (χ3n) is 4.50. The molecule has 2 heterocycles. The molecule has 4 aromatic rings. The lowest BCUT2D eigenvalue weighted by Crippen LogP contribution is -2.18. The number of halogens is 2. The molecule has 0 saturated heterocycles. The third kappa shape index (κ3) is 3.48. The first kappa shape index (κ1) is 17.8. The van der Waals surface area contributed by atoms with Gasteiger partial charge in [0.05, 0.1) is 10.2 Å². The highest BCUT2D eigenvalue weighted by Crippen LogP contribution is 2.28. The van der Waals surface area contributed by atoms with Gasteiger partial charge in [0.2, 0.25) is 0 Å². The summed E-state index contributed by atoms with van der Waals surface area (Å²) in [5.41, 5.74) is 3.77. The predicted molar refractivity (Wildman–Crippen MR) is 109 cm³/mol. The smallest absolute Gasteiger partial charge is 0.272 e. The highest BCUT2D eigenvalue weighted by molar-refractivity contribution is 7.17. The van der Waals surface area contributed by atoms with E-state index in [2.05, 4.69) is 5.32 Å². The van der Waals surface area contributed by atoms with Crippen LogP contribution in [0.1, 0.15) is 21.6 Å². The van der Waals surface area contributed by atoms with Crippen LogP contribution in [0.25, 0.3) is 10.2 Å². The highest BCUT2D eigenvalue weighted by Gasteiger charge is 2.18. The summed E-state index contributed by atoms with van der Waals surface area (Å²) in [4.78, 5) is 13.0. The Hall–Kier alpha value is -2.63. The van der Waals surface area contributed by atoms with Gasteiger partial charge in [-0.05, 0) is 59.8 Å². The summed E-state index contributed by atoms with van der Waals surface area (Å²) in [5, 5.41) is 5.52. The number of carbonyl (C=O) groups excluding carboxylic acids is 1. The van der Waals surface area contributed by atoms with Gasteiger partial charge in [-0.3, -0.25) is 4.79 Å². The zero-order valence-electron chi connectivity index (χ0n) is 14.5. The number of fused-ring (bicyclic) bond motifs is 1. The van der Waals surface area contributed by atoms with Crippen LogP contribution in [0.3, 0.4) is 0 Å². The Labute approximate surface area is 165 Å². The second-order valence-corrected chi connectivity index (χ2v) is 7.64. The van der Waals surface area contributed by atoms with Gasteiger partial charge in [0.1, 0.15) is 11.5 Å². The van der Waals surface area contributed by atoms with E-state index in [4.69, 9.17) is 11.6 Å². The number of aromatic nitrogens is 1. The van der Waals surface area contributed by atoms with Gasteiger partial charge in [0.25, 0.3) is 5.91 Å². The first-order chi connectivity index (χ1) is 13.0. The van der Waals surface area contributed by atoms with Gasteiger partial charge >= 0.3 is 0 Å². The molecule has 0 radical (unpaired) electrons. The first-order valence-corrected chi connectivity index (χ1v) is 9.66. The summed E-state index contributed by atoms with van der Waals surface area (Å²) in [6.45, 7) is 2.28. The lowest BCUT2D eigenvalue weighted by molar-refractivity contribution is 0.101. The van der Waals surface area contributed by atoms with Gasteiger partial charge in [-0.1, -0.05) is 29.8 Å². The number of carbonyl (C=O) groups is 1. The number of nitrogens with one attached hydrogen (secondary N) is 1. The average molecular weight is 399 g/mol. The van der Waals surface area contributed by atoms with Crippen LogP contribution in [0, 0.1) is 12.7 Å². The van der Waals surface area contributed by atoms with Crippen molar-refractivity contribution in [3.8, 4) is 0 Å². The molecule has 0 fully saturated rings. The van der Waals surface area contributed by atoms with Gasteiger partial charge in [-0.15, -0.1) is 11.3 Å². The molecule has 0 aliphatic rings. The molecule has 0 unspecified atom stereocenters. The third-order valence-corrected chi connectivity index (χ3v) is 5.76. The largest absolute Gasteiger partial charge is 0.331 e. The van der Waals surface area contributed by atoms with Crippen molar-refractivity contribution in [2.24, 2.45) is 0 Å². The Bertz CT molecular complexity index is 1150. The lowest BCUT2D eigenvalue weighted by Gasteiger charge is -2.13. The molecule has 4 rings (SSSR count). The number of benzene rings is 2. The summed E-state index contributed by atoms with van der Waals surface area (Å²) in [5.74, 6) is -0.512. The van der Waals surface area contributed by atoms with Crippen LogP contribution in [0.2, 0.25) is 5.02 Å². The van der Waals surface area contributed by atoms with E-state index in [1.54, 1.807) is 29.5 Å². The number of hydrogen-bond acceptors (Lipinski definition) is 2. The number of amides is 1. The summed E-state index contributed by atoms with van der Waals surface area (Å²) >= 11 is 7.72. The van der Waals surface area contributed by atoms with Crippen LogP contribution in [-0.2, 0) is 6.54 Å². The minimum absolute atomic E-state index is 0.222. The predicted octanol–water partition coefficient (Wildman–Crippen LogP) is 6.10. The molecule has 2 aromatic carbocycles. The molecule has 3 nitrogen and oxygen atoms in total. The van der Waals surface area contributed by atoms with Crippen LogP contribution >= 0.6 is 22.9 Å². The van der Waals surface area contributed by atoms with Crippen LogP contribution in [0.15, 0.2) is 60.0 Å². The van der Waals surface area contributed by atoms with Crippen molar-refractivity contribution in [2.75, 3.05) is 5.32 Å². The molecule has 27 heavy (non-hydrogen) atoms. The SMILES string of the molecule is Cc1c(Cl)cccc1NC(=O)c1cc2sccc2n1Cc1cccc(F)c1. The maximum absolute atomic E-state index is 13.6. The van der Waals surface area contributed by atoms with Crippen molar-refractivity contribution >= 4 is 44.7 Å². The standard InChI is InChI=1S/C21H16ClFN2OS/c1-13-16(22)6-3-7-17(13)24-21(26)19-11-20-18(8-9-27-20)25(19)12-14-4-2-5-15(23)10-14/h2-11H,12H2,1H3,(H,24,26). The van der Waals surface area contributed by atoms with E-state index in [1.165, 1.54) is 12.1 Å². The Morgan fingerprint density at radius 2 is 2.00 bits per heavy atom. The van der Waals surface area contributed by atoms with Gasteiger partial charge in [-0.2, -0.15) is 0 Å². The van der Waals surface area contributed by atoms with E-state index in [1.807, 2.05) is 41.1 Å². The molecule has 0 bridgehead atoms. The Balaban J connectivity index is 1.72. The van der Waals surface area contributed by atoms with Gasteiger partial charge < -0.3 is 9.88 Å². The Kier molecular flexibility index (Phi) is 4.72. The van der Waals surface area contributed by atoms with E-state index < -0.39 is 0 Å². The molecule has 2 aromatic heterocycles. The number of nitrogens with zero attached hydrogens (tertiary/aromatic N) is 1. The topological polar surface area (TPSA) is 34.0 Å². The molecule has 0 atom stereocenters. The minimum Gasteiger partial charge on any atom is -0.331 e. The van der Waals surface area contributed by atoms with Crippen molar-refractivity contribution in [1.29, 1.82) is 0 Å². The maximum atomic E-state index is 13.6. The lowest BCUT2D eigenvalue weighted by atomic mass is 10.2. The average Bonchev–Trinajstić information content (AvgIpc) is 3.22. The van der Waals surface area contributed by atoms with Crippen molar-refractivity contribution in [2.45, 2.75) is 13.5 Å². The van der Waals surface area contributed by atoms with E-state index in [9.17, 15) is 9.18 Å². The molecule has 136 valence electrons. The molecule has 1 amide bonds. The van der Waals surface area contributed by atoms with Gasteiger partial charge in [0.15, 0.2) is 0 Å². The highest BCUT2D eigenvalue weighted by atomic mass is 35.5. The van der Waals surface area contributed by atoms with Crippen molar-refractivity contribution in [3.05, 3.63) is 87.6 Å². The fourth-order valence-electron chi connectivity index (χ4n) is 3.08. The normalized spacial score (nSPS) is 11.1. The van der Waals surface area contributed by atoms with Crippen LogP contribution in [0.5, 0.6) is 0 Å². The number of rotatable bonds is 4. The van der Waals surface area contributed by atoms with Gasteiger partial charge in [-0.25, -0.2) is 4.39 Å². The quantitative estimate of drug-likeness (QED) is 0.442. The molecule has 6 heteroatoms. The zero-order chi connectivity index (χ0) is 19.0. The number of thiophene rings is 1. The molecule has 0 aliphatic heterocycles. The van der Waals surface area contributed by atoms with Crippen molar-refractivity contribution in [1.82, 2.24) is 4.57 Å².